The number of para-hydroxylation sites is 1. The van der Waals surface area contributed by atoms with Crippen LogP contribution in [0, 0.1) is 0 Å². The highest BCUT2D eigenvalue weighted by Crippen LogP contribution is 2.50. The quantitative estimate of drug-likeness (QED) is 0.653. The molecular weight excluding hydrogens is 259 g/mol. The van der Waals surface area contributed by atoms with Crippen molar-refractivity contribution in [3.8, 4) is 5.75 Å². The minimum absolute atomic E-state index is 0.564. The van der Waals surface area contributed by atoms with Gasteiger partial charge in [-0.2, -0.15) is 0 Å². The molecule has 1 aromatic carbocycles. The van der Waals surface area contributed by atoms with Crippen molar-refractivity contribution >= 4 is 26.2 Å². The Morgan fingerprint density at radius 1 is 1.44 bits per heavy atom. The molecule has 1 aromatic rings. The molecule has 0 amide bonds. The third-order valence-corrected chi connectivity index (χ3v) is 6.29. The number of hydrogen-bond donors (Lipinski definition) is 2. The van der Waals surface area contributed by atoms with Crippen molar-refractivity contribution < 1.29 is 4.52 Å². The van der Waals surface area contributed by atoms with Gasteiger partial charge in [-0.25, -0.2) is 9.30 Å². The van der Waals surface area contributed by atoms with Crippen LogP contribution in [-0.2, 0) is 0 Å². The van der Waals surface area contributed by atoms with E-state index in [0.717, 1.165) is 12.3 Å². The van der Waals surface area contributed by atoms with Gasteiger partial charge in [0.1, 0.15) is 5.75 Å². The van der Waals surface area contributed by atoms with Crippen molar-refractivity contribution in [3.63, 3.8) is 0 Å². The highest BCUT2D eigenvalue weighted by molar-refractivity contribution is 7.71. The van der Waals surface area contributed by atoms with Gasteiger partial charge in [-0.3, -0.25) is 4.86 Å². The highest BCUT2D eigenvalue weighted by atomic mass is 31.2. The fraction of sp³-hybridized carbons (Fsp3) is 0.111. The van der Waals surface area contributed by atoms with Crippen LogP contribution in [-0.4, -0.2) is 11.0 Å². The van der Waals surface area contributed by atoms with Gasteiger partial charge in [0.25, 0.3) is 8.45 Å². The molecule has 1 aliphatic rings. The summed E-state index contributed by atoms with van der Waals surface area (Å²) in [6, 6.07) is 9.90. The maximum atomic E-state index is 5.93. The molecule has 16 heavy (non-hydrogen) atoms. The van der Waals surface area contributed by atoms with Crippen molar-refractivity contribution in [1.82, 2.24) is 14.2 Å². The number of hydrogen-bond acceptors (Lipinski definition) is 4. The molecule has 1 saturated heterocycles. The number of nitrogens with one attached hydrogen (secondary N) is 2. The third-order valence-electron chi connectivity index (χ3n) is 1.86. The molecule has 0 spiro atoms. The average molecular weight is 273 g/mol. The Balaban J connectivity index is 1.98. The van der Waals surface area contributed by atoms with E-state index in [4.69, 9.17) is 4.52 Å². The monoisotopic (exact) mass is 273 g/mol. The zero-order chi connectivity index (χ0) is 11.2. The number of benzene rings is 1. The van der Waals surface area contributed by atoms with Crippen LogP contribution in [0.5, 0.6) is 5.75 Å². The predicted molar refractivity (Wildman–Crippen MR) is 73.8 cm³/mol. The molecule has 3 atom stereocenters. The normalized spacial score (nSPS) is 24.6. The van der Waals surface area contributed by atoms with Crippen molar-refractivity contribution in [2.45, 2.75) is 0 Å². The third kappa shape index (κ3) is 3.46. The standard InChI is InChI=1S/C9H14N3OP3/c1-2-8-12-15-10-14-11-16(12)13-9-6-4-3-5-7-9/h2-7,10-11,14-15H,1,8H2. The van der Waals surface area contributed by atoms with Crippen molar-refractivity contribution in [1.29, 1.82) is 0 Å². The summed E-state index contributed by atoms with van der Waals surface area (Å²) < 4.78 is 8.15. The molecular formula is C9H14N3OP3. The first-order chi connectivity index (χ1) is 7.90. The van der Waals surface area contributed by atoms with Crippen LogP contribution in [0.25, 0.3) is 0 Å². The number of rotatable bonds is 4. The molecule has 0 aliphatic carbocycles. The topological polar surface area (TPSA) is 36.5 Å². The molecule has 0 bridgehead atoms. The Bertz CT molecular complexity index is 338. The lowest BCUT2D eigenvalue weighted by atomic mass is 10.3. The summed E-state index contributed by atoms with van der Waals surface area (Å²) in [4.78, 5) is 6.64. The summed E-state index contributed by atoms with van der Waals surface area (Å²) in [5.74, 6) is 0.909. The Labute approximate surface area is 101 Å². The van der Waals surface area contributed by atoms with Crippen LogP contribution in [0.3, 0.4) is 0 Å². The summed E-state index contributed by atoms with van der Waals surface area (Å²) in [5.41, 5.74) is 0. The smallest absolute Gasteiger partial charge is 0.254 e. The number of nitrogens with zero attached hydrogens (tertiary/aromatic N) is 1. The zero-order valence-electron chi connectivity index (χ0n) is 8.68. The second kappa shape index (κ2) is 6.61. The fourth-order valence-corrected chi connectivity index (χ4v) is 5.97. The first-order valence-corrected chi connectivity index (χ1v) is 7.99. The molecule has 86 valence electrons. The minimum atomic E-state index is -0.743. The lowest BCUT2D eigenvalue weighted by Crippen LogP contribution is -2.24. The summed E-state index contributed by atoms with van der Waals surface area (Å²) >= 11 is 0. The summed E-state index contributed by atoms with van der Waals surface area (Å²) in [6.45, 7) is 4.60. The second-order valence-electron chi connectivity index (χ2n) is 3.02. The van der Waals surface area contributed by atoms with E-state index in [0.29, 0.717) is 17.8 Å². The van der Waals surface area contributed by atoms with Gasteiger partial charge in [-0.05, 0) is 12.1 Å². The average Bonchev–Trinajstić information content (AvgIpc) is 2.33. The van der Waals surface area contributed by atoms with E-state index in [1.807, 2.05) is 36.4 Å². The van der Waals surface area contributed by atoms with E-state index in [1.165, 1.54) is 0 Å². The minimum Gasteiger partial charge on any atom is -0.444 e. The van der Waals surface area contributed by atoms with Crippen LogP contribution in [0.1, 0.15) is 0 Å². The van der Waals surface area contributed by atoms with Crippen LogP contribution < -0.4 is 14.2 Å². The van der Waals surface area contributed by atoms with E-state index in [1.54, 1.807) is 0 Å². The van der Waals surface area contributed by atoms with Gasteiger partial charge in [0.2, 0.25) is 0 Å². The molecule has 1 aliphatic heterocycles. The SMILES string of the molecule is C=CCN1PNPNP1Oc1ccccc1. The van der Waals surface area contributed by atoms with Gasteiger partial charge in [-0.1, -0.05) is 24.3 Å². The molecule has 2 N–H and O–H groups in total. The van der Waals surface area contributed by atoms with E-state index >= 15 is 0 Å². The van der Waals surface area contributed by atoms with E-state index in [-0.39, 0.29) is 0 Å². The Morgan fingerprint density at radius 2 is 2.25 bits per heavy atom. The van der Waals surface area contributed by atoms with Gasteiger partial charge < -0.3 is 4.52 Å². The van der Waals surface area contributed by atoms with E-state index in [9.17, 15) is 0 Å². The molecule has 0 radical (unpaired) electrons. The maximum Gasteiger partial charge on any atom is 0.254 e. The van der Waals surface area contributed by atoms with Crippen LogP contribution >= 0.6 is 26.2 Å². The Hall–Kier alpha value is -0.0700. The molecule has 1 heterocycles. The van der Waals surface area contributed by atoms with E-state index < -0.39 is 8.45 Å². The van der Waals surface area contributed by atoms with Gasteiger partial charge in [0, 0.05) is 24.3 Å². The molecule has 4 nitrogen and oxygen atoms in total. The largest absolute Gasteiger partial charge is 0.444 e. The first kappa shape index (κ1) is 12.4. The Morgan fingerprint density at radius 3 is 3.00 bits per heavy atom. The zero-order valence-corrected chi connectivity index (χ0v) is 11.6. The lowest BCUT2D eigenvalue weighted by Gasteiger charge is -2.33. The van der Waals surface area contributed by atoms with Crippen LogP contribution in [0.15, 0.2) is 43.0 Å². The molecule has 1 fully saturated rings. The van der Waals surface area contributed by atoms with Crippen molar-refractivity contribution in [2.75, 3.05) is 6.54 Å². The summed E-state index contributed by atoms with van der Waals surface area (Å²) in [5, 5.41) is 0. The van der Waals surface area contributed by atoms with Gasteiger partial charge in [0.05, 0.1) is 0 Å². The molecule has 3 unspecified atom stereocenters. The molecule has 0 aromatic heterocycles. The van der Waals surface area contributed by atoms with Crippen LogP contribution in [0.4, 0.5) is 0 Å². The molecule has 7 heteroatoms. The Kier molecular flexibility index (Phi) is 5.12. The van der Waals surface area contributed by atoms with Crippen molar-refractivity contribution in [2.24, 2.45) is 0 Å². The predicted octanol–water partition coefficient (Wildman–Crippen LogP) is 2.99. The van der Waals surface area contributed by atoms with Gasteiger partial charge in [-0.15, -0.1) is 6.58 Å². The van der Waals surface area contributed by atoms with Crippen molar-refractivity contribution in [3.05, 3.63) is 43.0 Å². The highest BCUT2D eigenvalue weighted by Gasteiger charge is 2.23. The van der Waals surface area contributed by atoms with Gasteiger partial charge >= 0.3 is 0 Å². The fourth-order valence-electron chi connectivity index (χ4n) is 1.17. The lowest BCUT2D eigenvalue weighted by molar-refractivity contribution is 0.560. The first-order valence-electron chi connectivity index (χ1n) is 4.83. The van der Waals surface area contributed by atoms with Crippen LogP contribution in [0.2, 0.25) is 0 Å². The summed E-state index contributed by atoms with van der Waals surface area (Å²) in [6.07, 6.45) is 1.90. The maximum absolute atomic E-state index is 5.93. The van der Waals surface area contributed by atoms with E-state index in [2.05, 4.69) is 20.7 Å². The van der Waals surface area contributed by atoms with Gasteiger partial charge in [0.15, 0.2) is 0 Å². The second-order valence-corrected chi connectivity index (χ2v) is 7.52. The molecule has 0 saturated carbocycles. The molecule has 2 rings (SSSR count). The summed E-state index contributed by atoms with van der Waals surface area (Å²) in [7, 11) is 0.419.